The Kier molecular flexibility index (Phi) is 6.04. The van der Waals surface area contributed by atoms with E-state index in [1.54, 1.807) is 50.2 Å². The van der Waals surface area contributed by atoms with E-state index < -0.39 is 17.6 Å². The second-order valence-electron chi connectivity index (χ2n) is 6.57. The zero-order valence-corrected chi connectivity index (χ0v) is 17.7. The van der Waals surface area contributed by atoms with E-state index in [2.05, 4.69) is 32.6 Å². The second-order valence-corrected chi connectivity index (χ2v) is 7.48. The number of benzene rings is 2. The number of methoxy groups -OCH3 is 1. The molecule has 2 N–H and O–H groups in total. The van der Waals surface area contributed by atoms with Crippen LogP contribution in [-0.4, -0.2) is 13.0 Å². The van der Waals surface area contributed by atoms with Gasteiger partial charge in [0, 0.05) is 27.0 Å². The highest BCUT2D eigenvalue weighted by molar-refractivity contribution is 9.10. The van der Waals surface area contributed by atoms with E-state index in [0.717, 1.165) is 0 Å². The minimum Gasteiger partial charge on any atom is -0.495 e. The molecule has 1 heterocycles. The van der Waals surface area contributed by atoms with Crippen LogP contribution in [0, 0.1) is 17.1 Å². The van der Waals surface area contributed by atoms with Crippen LogP contribution in [0.15, 0.2) is 69.5 Å². The largest absolute Gasteiger partial charge is 0.495 e. The molecule has 3 rings (SSSR count). The molecule has 1 aliphatic rings. The summed E-state index contributed by atoms with van der Waals surface area (Å²) in [5.41, 5.74) is 2.46. The summed E-state index contributed by atoms with van der Waals surface area (Å²) in [6.45, 7) is 3.47. The van der Waals surface area contributed by atoms with Crippen molar-refractivity contribution in [1.82, 2.24) is 5.32 Å². The molecule has 0 spiro atoms. The van der Waals surface area contributed by atoms with Crippen molar-refractivity contribution in [3.63, 3.8) is 0 Å². The van der Waals surface area contributed by atoms with Gasteiger partial charge in [0.15, 0.2) is 0 Å². The molecular formula is C22H19BrFN3O2. The molecule has 2 aromatic rings. The molecule has 5 nitrogen and oxygen atoms in total. The maximum absolute atomic E-state index is 14.8. The van der Waals surface area contributed by atoms with Crippen molar-refractivity contribution in [3.05, 3.63) is 80.9 Å². The Labute approximate surface area is 177 Å². The van der Waals surface area contributed by atoms with Gasteiger partial charge in [-0.05, 0) is 38.1 Å². The Bertz CT molecular complexity index is 1090. The Balaban J connectivity index is 2.10. The number of nitrogens with one attached hydrogen (secondary N) is 2. The number of nitrogens with zero attached hydrogens (tertiary/aromatic N) is 1. The molecule has 1 amide bonds. The van der Waals surface area contributed by atoms with Crippen LogP contribution in [-0.2, 0) is 4.79 Å². The van der Waals surface area contributed by atoms with E-state index >= 15 is 0 Å². The minimum atomic E-state index is -0.830. The average molecular weight is 456 g/mol. The number of carbonyl (C=O) groups excluding carboxylic acids is 1. The summed E-state index contributed by atoms with van der Waals surface area (Å²) < 4.78 is 20.7. The van der Waals surface area contributed by atoms with Gasteiger partial charge >= 0.3 is 0 Å². The lowest BCUT2D eigenvalue weighted by Gasteiger charge is -2.29. The van der Waals surface area contributed by atoms with Crippen molar-refractivity contribution in [2.75, 3.05) is 12.4 Å². The van der Waals surface area contributed by atoms with E-state index in [0.29, 0.717) is 32.9 Å². The van der Waals surface area contributed by atoms with Crippen molar-refractivity contribution >= 4 is 27.5 Å². The maximum atomic E-state index is 14.8. The van der Waals surface area contributed by atoms with Gasteiger partial charge in [0.2, 0.25) is 0 Å². The number of hydrogen-bond acceptors (Lipinski definition) is 4. The van der Waals surface area contributed by atoms with Crippen LogP contribution < -0.4 is 15.4 Å². The zero-order chi connectivity index (χ0) is 21.1. The fourth-order valence-corrected chi connectivity index (χ4v) is 3.76. The molecule has 0 saturated heterocycles. The van der Waals surface area contributed by atoms with Crippen molar-refractivity contribution in [2.45, 2.75) is 19.8 Å². The third-order valence-corrected chi connectivity index (χ3v) is 5.25. The van der Waals surface area contributed by atoms with Crippen molar-refractivity contribution < 1.29 is 13.9 Å². The highest BCUT2D eigenvalue weighted by Gasteiger charge is 2.35. The molecule has 0 fully saturated rings. The summed E-state index contributed by atoms with van der Waals surface area (Å²) in [7, 11) is 1.51. The van der Waals surface area contributed by atoms with E-state index in [1.807, 2.05) is 0 Å². The first kappa shape index (κ1) is 20.6. The number of allylic oxidation sites excluding steroid dienone is 3. The lowest BCUT2D eigenvalue weighted by Crippen LogP contribution is -2.31. The molecule has 0 aromatic heterocycles. The number of para-hydroxylation sites is 2. The average Bonchev–Trinajstić information content (AvgIpc) is 2.68. The van der Waals surface area contributed by atoms with Crippen molar-refractivity contribution in [1.29, 1.82) is 5.26 Å². The summed E-state index contributed by atoms with van der Waals surface area (Å²) in [5.74, 6) is -1.26. The number of ether oxygens (including phenoxy) is 1. The fraction of sp³-hybridized carbons (Fsp3) is 0.182. The van der Waals surface area contributed by atoms with Gasteiger partial charge in [-0.25, -0.2) is 4.39 Å². The summed E-state index contributed by atoms with van der Waals surface area (Å²) >= 11 is 3.25. The number of amides is 1. The number of halogens is 2. The molecule has 0 saturated carbocycles. The summed E-state index contributed by atoms with van der Waals surface area (Å²) in [6, 6.07) is 13.7. The zero-order valence-electron chi connectivity index (χ0n) is 16.1. The molecule has 0 aliphatic carbocycles. The van der Waals surface area contributed by atoms with E-state index in [4.69, 9.17) is 4.74 Å². The molecular weight excluding hydrogens is 437 g/mol. The van der Waals surface area contributed by atoms with Gasteiger partial charge in [0.25, 0.3) is 5.91 Å². The number of carbonyl (C=O) groups is 1. The van der Waals surface area contributed by atoms with E-state index in [9.17, 15) is 14.4 Å². The molecule has 0 bridgehead atoms. The second kappa shape index (κ2) is 8.50. The highest BCUT2D eigenvalue weighted by Crippen LogP contribution is 2.40. The third-order valence-electron chi connectivity index (χ3n) is 4.75. The van der Waals surface area contributed by atoms with Crippen LogP contribution in [0.5, 0.6) is 5.75 Å². The number of rotatable bonds is 4. The van der Waals surface area contributed by atoms with Crippen molar-refractivity contribution in [3.8, 4) is 11.8 Å². The summed E-state index contributed by atoms with van der Waals surface area (Å²) in [5, 5.41) is 15.6. The molecule has 7 heteroatoms. The number of nitriles is 1. The Morgan fingerprint density at radius 3 is 2.62 bits per heavy atom. The first-order valence-corrected chi connectivity index (χ1v) is 9.64. The van der Waals surface area contributed by atoms with Crippen LogP contribution in [0.1, 0.15) is 25.3 Å². The molecule has 148 valence electrons. The van der Waals surface area contributed by atoms with Gasteiger partial charge in [0.05, 0.1) is 30.4 Å². The molecule has 1 aliphatic heterocycles. The van der Waals surface area contributed by atoms with Gasteiger partial charge in [-0.2, -0.15) is 5.26 Å². The molecule has 1 atom stereocenters. The smallest absolute Gasteiger partial charge is 0.254 e. The summed E-state index contributed by atoms with van der Waals surface area (Å²) in [4.78, 5) is 13.2. The number of dihydropyridines is 1. The molecule has 0 radical (unpaired) electrons. The van der Waals surface area contributed by atoms with E-state index in [1.165, 1.54) is 13.2 Å². The number of anilines is 1. The van der Waals surface area contributed by atoms with Crippen LogP contribution in [0.3, 0.4) is 0 Å². The van der Waals surface area contributed by atoms with Crippen LogP contribution in [0.4, 0.5) is 10.1 Å². The maximum Gasteiger partial charge on any atom is 0.254 e. The Hall–Kier alpha value is -3.11. The van der Waals surface area contributed by atoms with Crippen LogP contribution in [0.25, 0.3) is 0 Å². The lowest BCUT2D eigenvalue weighted by atomic mass is 9.80. The highest BCUT2D eigenvalue weighted by atomic mass is 79.9. The predicted octanol–water partition coefficient (Wildman–Crippen LogP) is 4.99. The summed E-state index contributed by atoms with van der Waals surface area (Å²) in [6.07, 6.45) is 0. The van der Waals surface area contributed by atoms with Gasteiger partial charge in [0.1, 0.15) is 11.6 Å². The Morgan fingerprint density at radius 1 is 1.24 bits per heavy atom. The van der Waals surface area contributed by atoms with Gasteiger partial charge < -0.3 is 15.4 Å². The van der Waals surface area contributed by atoms with Crippen LogP contribution >= 0.6 is 15.9 Å². The topological polar surface area (TPSA) is 74.2 Å². The molecule has 2 aromatic carbocycles. The standard InChI is InChI=1S/C22H19BrFN3O2/c1-12-16(11-25)21(15-9-8-14(23)10-17(15)24)20(13(2)26-12)22(28)27-18-6-4-5-7-19(18)29-3/h4-10,21,26H,1-3H3,(H,27,28). The SMILES string of the molecule is COc1ccccc1NC(=O)C1=C(C)NC(C)=C(C#N)C1c1ccc(Br)cc1F. The van der Waals surface area contributed by atoms with Crippen LogP contribution in [0.2, 0.25) is 0 Å². The molecule has 29 heavy (non-hydrogen) atoms. The third kappa shape index (κ3) is 4.03. The lowest BCUT2D eigenvalue weighted by molar-refractivity contribution is -0.113. The van der Waals surface area contributed by atoms with Gasteiger partial charge in [-0.1, -0.05) is 34.1 Å². The normalized spacial score (nSPS) is 16.2. The first-order chi connectivity index (χ1) is 13.9. The van der Waals surface area contributed by atoms with Gasteiger partial charge in [-0.3, -0.25) is 4.79 Å². The number of hydrogen-bond donors (Lipinski definition) is 2. The van der Waals surface area contributed by atoms with E-state index in [-0.39, 0.29) is 11.1 Å². The molecule has 1 unspecified atom stereocenters. The Morgan fingerprint density at radius 2 is 1.97 bits per heavy atom. The first-order valence-electron chi connectivity index (χ1n) is 8.85. The quantitative estimate of drug-likeness (QED) is 0.680. The van der Waals surface area contributed by atoms with Gasteiger partial charge in [-0.15, -0.1) is 0 Å². The predicted molar refractivity (Wildman–Crippen MR) is 113 cm³/mol. The van der Waals surface area contributed by atoms with Crippen molar-refractivity contribution in [2.24, 2.45) is 0 Å². The monoisotopic (exact) mass is 455 g/mol. The fourth-order valence-electron chi connectivity index (χ4n) is 3.43. The minimum absolute atomic E-state index is 0.259.